The SMILES string of the molecule is Cc1ccc(-c2ccccc2C=CC#Cc2cc(C(=O)O)cs2)cc1. The normalized spacial score (nSPS) is 10.4. The molecule has 0 aliphatic rings. The Kier molecular flexibility index (Phi) is 5.13. The molecule has 0 fully saturated rings. The molecule has 1 heterocycles. The Morgan fingerprint density at radius 1 is 1.12 bits per heavy atom. The van der Waals surface area contributed by atoms with Crippen LogP contribution in [0.15, 0.2) is 66.1 Å². The van der Waals surface area contributed by atoms with Crippen LogP contribution in [-0.2, 0) is 0 Å². The third-order valence-corrected chi connectivity index (χ3v) is 4.56. The van der Waals surface area contributed by atoms with Crippen LogP contribution in [0.25, 0.3) is 17.2 Å². The summed E-state index contributed by atoms with van der Waals surface area (Å²) in [6.45, 7) is 2.07. The third-order valence-electron chi connectivity index (χ3n) is 3.71. The predicted octanol–water partition coefficient (Wildman–Crippen LogP) is 5.49. The van der Waals surface area contributed by atoms with E-state index in [-0.39, 0.29) is 5.56 Å². The Balaban J connectivity index is 1.81. The van der Waals surface area contributed by atoms with Crippen molar-refractivity contribution in [1.29, 1.82) is 0 Å². The molecule has 122 valence electrons. The number of hydrogen-bond donors (Lipinski definition) is 1. The van der Waals surface area contributed by atoms with Crippen molar-refractivity contribution in [2.75, 3.05) is 0 Å². The van der Waals surface area contributed by atoms with Crippen molar-refractivity contribution >= 4 is 23.4 Å². The molecule has 0 radical (unpaired) electrons. The molecular formula is C22H16O2S. The van der Waals surface area contributed by atoms with Crippen LogP contribution >= 0.6 is 11.3 Å². The van der Waals surface area contributed by atoms with Gasteiger partial charge in [-0.15, -0.1) is 11.3 Å². The van der Waals surface area contributed by atoms with Crippen molar-refractivity contribution in [2.24, 2.45) is 0 Å². The van der Waals surface area contributed by atoms with Crippen molar-refractivity contribution < 1.29 is 9.90 Å². The van der Waals surface area contributed by atoms with E-state index >= 15 is 0 Å². The van der Waals surface area contributed by atoms with E-state index < -0.39 is 5.97 Å². The number of thiophene rings is 1. The van der Waals surface area contributed by atoms with Gasteiger partial charge in [-0.1, -0.05) is 65.9 Å². The van der Waals surface area contributed by atoms with Gasteiger partial charge in [-0.25, -0.2) is 4.79 Å². The van der Waals surface area contributed by atoms with Gasteiger partial charge in [-0.3, -0.25) is 0 Å². The molecule has 0 bridgehead atoms. The fraction of sp³-hybridized carbons (Fsp3) is 0.0455. The summed E-state index contributed by atoms with van der Waals surface area (Å²) in [5.74, 6) is 5.03. The Bertz CT molecular complexity index is 983. The zero-order chi connectivity index (χ0) is 17.6. The van der Waals surface area contributed by atoms with Gasteiger partial charge in [0.2, 0.25) is 0 Å². The maximum atomic E-state index is 10.9. The monoisotopic (exact) mass is 344 g/mol. The quantitative estimate of drug-likeness (QED) is 0.638. The zero-order valence-corrected chi connectivity index (χ0v) is 14.5. The standard InChI is InChI=1S/C22H16O2S/c1-16-10-12-18(13-11-16)21-9-5-3-7-17(21)6-2-4-8-20-14-19(15-25-20)22(23)24/h2-3,5-7,9-15H,1H3,(H,23,24). The molecule has 0 amide bonds. The second-order valence-electron chi connectivity index (χ2n) is 5.56. The summed E-state index contributed by atoms with van der Waals surface area (Å²) in [7, 11) is 0. The number of carbonyl (C=O) groups is 1. The van der Waals surface area contributed by atoms with Gasteiger partial charge >= 0.3 is 5.97 Å². The summed E-state index contributed by atoms with van der Waals surface area (Å²) in [6, 6.07) is 18.2. The maximum Gasteiger partial charge on any atom is 0.336 e. The first-order valence-electron chi connectivity index (χ1n) is 7.79. The lowest BCUT2D eigenvalue weighted by Crippen LogP contribution is -1.91. The number of aromatic carboxylic acids is 1. The van der Waals surface area contributed by atoms with Crippen molar-refractivity contribution in [2.45, 2.75) is 6.92 Å². The third kappa shape index (κ3) is 4.26. The van der Waals surface area contributed by atoms with Crippen molar-refractivity contribution in [3.05, 3.63) is 87.6 Å². The molecular weight excluding hydrogens is 328 g/mol. The Morgan fingerprint density at radius 2 is 1.88 bits per heavy atom. The maximum absolute atomic E-state index is 10.9. The first-order chi connectivity index (χ1) is 12.1. The van der Waals surface area contributed by atoms with Crippen LogP contribution in [0.1, 0.15) is 26.4 Å². The highest BCUT2D eigenvalue weighted by atomic mass is 32.1. The van der Waals surface area contributed by atoms with E-state index in [1.54, 1.807) is 17.5 Å². The molecule has 1 N–H and O–H groups in total. The molecule has 3 rings (SSSR count). The van der Waals surface area contributed by atoms with Gasteiger partial charge < -0.3 is 5.11 Å². The van der Waals surface area contributed by atoms with Crippen molar-refractivity contribution in [3.63, 3.8) is 0 Å². The lowest BCUT2D eigenvalue weighted by molar-refractivity contribution is 0.0697. The number of rotatable bonds is 3. The Morgan fingerprint density at radius 3 is 2.60 bits per heavy atom. The topological polar surface area (TPSA) is 37.3 Å². The van der Waals surface area contributed by atoms with E-state index in [1.807, 2.05) is 18.2 Å². The molecule has 3 aromatic rings. The van der Waals surface area contributed by atoms with Crippen LogP contribution in [0.5, 0.6) is 0 Å². The lowest BCUT2D eigenvalue weighted by Gasteiger charge is -2.06. The lowest BCUT2D eigenvalue weighted by atomic mass is 9.98. The Labute approximate surface area is 151 Å². The van der Waals surface area contributed by atoms with E-state index in [4.69, 9.17) is 5.11 Å². The number of aryl methyl sites for hydroxylation is 1. The van der Waals surface area contributed by atoms with Crippen LogP contribution < -0.4 is 0 Å². The van der Waals surface area contributed by atoms with Gasteiger partial charge in [0.05, 0.1) is 10.4 Å². The van der Waals surface area contributed by atoms with Crippen LogP contribution in [0.2, 0.25) is 0 Å². The van der Waals surface area contributed by atoms with Crippen LogP contribution in [-0.4, -0.2) is 11.1 Å². The molecule has 2 nitrogen and oxygen atoms in total. The molecule has 3 heteroatoms. The summed E-state index contributed by atoms with van der Waals surface area (Å²) in [4.78, 5) is 11.6. The highest BCUT2D eigenvalue weighted by molar-refractivity contribution is 7.10. The predicted molar refractivity (Wildman–Crippen MR) is 104 cm³/mol. The minimum Gasteiger partial charge on any atom is -0.478 e. The molecule has 25 heavy (non-hydrogen) atoms. The number of carboxylic acid groups (broad SMARTS) is 1. The van der Waals surface area contributed by atoms with Gasteiger partial charge in [0.15, 0.2) is 0 Å². The first kappa shape index (κ1) is 16.8. The average Bonchev–Trinajstić information content (AvgIpc) is 3.09. The van der Waals surface area contributed by atoms with Gasteiger partial charge in [0, 0.05) is 5.38 Å². The molecule has 0 unspecified atom stereocenters. The minimum atomic E-state index is -0.924. The number of benzene rings is 2. The van der Waals surface area contributed by atoms with Crippen molar-refractivity contribution in [3.8, 4) is 23.0 Å². The molecule has 0 saturated heterocycles. The molecule has 0 saturated carbocycles. The minimum absolute atomic E-state index is 0.281. The van der Waals surface area contributed by atoms with Crippen LogP contribution in [0, 0.1) is 18.8 Å². The van der Waals surface area contributed by atoms with Gasteiger partial charge in [0.25, 0.3) is 0 Å². The molecule has 0 atom stereocenters. The van der Waals surface area contributed by atoms with E-state index in [0.29, 0.717) is 0 Å². The van der Waals surface area contributed by atoms with Crippen molar-refractivity contribution in [1.82, 2.24) is 0 Å². The highest BCUT2D eigenvalue weighted by Crippen LogP contribution is 2.25. The number of hydrogen-bond acceptors (Lipinski definition) is 2. The second-order valence-corrected chi connectivity index (χ2v) is 6.47. The van der Waals surface area contributed by atoms with Crippen LogP contribution in [0.3, 0.4) is 0 Å². The second kappa shape index (κ2) is 7.65. The smallest absolute Gasteiger partial charge is 0.336 e. The van der Waals surface area contributed by atoms with E-state index in [2.05, 4.69) is 55.2 Å². The molecule has 0 spiro atoms. The number of carboxylic acids is 1. The molecule has 0 aliphatic carbocycles. The molecule has 0 aliphatic heterocycles. The molecule has 2 aromatic carbocycles. The summed E-state index contributed by atoms with van der Waals surface area (Å²) in [5.41, 5.74) is 4.94. The fourth-order valence-electron chi connectivity index (χ4n) is 2.40. The summed E-state index contributed by atoms with van der Waals surface area (Å²) >= 11 is 1.34. The van der Waals surface area contributed by atoms with Gasteiger partial charge in [0.1, 0.15) is 0 Å². The van der Waals surface area contributed by atoms with Gasteiger partial charge in [-0.05, 0) is 41.8 Å². The van der Waals surface area contributed by atoms with Crippen LogP contribution in [0.4, 0.5) is 0 Å². The summed E-state index contributed by atoms with van der Waals surface area (Å²) in [5, 5.41) is 10.5. The molecule has 1 aromatic heterocycles. The van der Waals surface area contributed by atoms with E-state index in [0.717, 1.165) is 16.0 Å². The summed E-state index contributed by atoms with van der Waals surface area (Å²) < 4.78 is 0. The highest BCUT2D eigenvalue weighted by Gasteiger charge is 2.04. The fourth-order valence-corrected chi connectivity index (χ4v) is 3.13. The average molecular weight is 344 g/mol. The number of allylic oxidation sites excluding steroid dienone is 1. The summed E-state index contributed by atoms with van der Waals surface area (Å²) in [6.07, 6.45) is 3.78. The first-order valence-corrected chi connectivity index (χ1v) is 8.67. The van der Waals surface area contributed by atoms with E-state index in [1.165, 1.54) is 22.5 Å². The van der Waals surface area contributed by atoms with E-state index in [9.17, 15) is 4.79 Å². The zero-order valence-electron chi connectivity index (χ0n) is 13.7. The largest absolute Gasteiger partial charge is 0.478 e. The van der Waals surface area contributed by atoms with Gasteiger partial charge in [-0.2, -0.15) is 0 Å². The Hall–Kier alpha value is -3.09.